The molecule has 0 radical (unpaired) electrons. The Kier molecular flexibility index (Phi) is 8.43. The fourth-order valence-electron chi connectivity index (χ4n) is 2.61. The zero-order valence-corrected chi connectivity index (χ0v) is 17.1. The predicted molar refractivity (Wildman–Crippen MR) is 105 cm³/mol. The molecule has 156 valence electrons. The van der Waals surface area contributed by atoms with Crippen molar-refractivity contribution in [2.24, 2.45) is 11.7 Å². The number of carbonyl (C=O) groups excluding carboxylic acids is 3. The standard InChI is InChI=1S/C20H31N3O5/c1-12(2)10-15(21)17(25)23-20(3,4)19(27)22-16(18(26)28-5)11-13-6-8-14(24)9-7-13/h6-9,12,15-16,24H,10-11,21H2,1-5H3,(H,22,27)(H,23,25)/t15-,16-/m0/s1. The van der Waals surface area contributed by atoms with Crippen LogP contribution in [0.4, 0.5) is 0 Å². The van der Waals surface area contributed by atoms with Crippen LogP contribution in [0.3, 0.4) is 0 Å². The maximum Gasteiger partial charge on any atom is 0.328 e. The van der Waals surface area contributed by atoms with Crippen LogP contribution >= 0.6 is 0 Å². The third kappa shape index (κ3) is 7.19. The Balaban J connectivity index is 2.83. The van der Waals surface area contributed by atoms with E-state index in [0.717, 1.165) is 5.56 Å². The number of benzene rings is 1. The lowest BCUT2D eigenvalue weighted by molar-refractivity contribution is -0.146. The number of methoxy groups -OCH3 is 1. The molecule has 0 aliphatic carbocycles. The van der Waals surface area contributed by atoms with Gasteiger partial charge in [-0.05, 0) is 43.9 Å². The Morgan fingerprint density at radius 3 is 2.25 bits per heavy atom. The first-order chi connectivity index (χ1) is 13.0. The second kappa shape index (κ2) is 10.1. The van der Waals surface area contributed by atoms with Crippen molar-refractivity contribution in [2.45, 2.75) is 58.2 Å². The summed E-state index contributed by atoms with van der Waals surface area (Å²) >= 11 is 0. The van der Waals surface area contributed by atoms with E-state index in [0.29, 0.717) is 6.42 Å². The van der Waals surface area contributed by atoms with E-state index >= 15 is 0 Å². The minimum atomic E-state index is -1.27. The maximum atomic E-state index is 12.7. The van der Waals surface area contributed by atoms with E-state index in [2.05, 4.69) is 10.6 Å². The lowest BCUT2D eigenvalue weighted by atomic mass is 9.99. The Hall–Kier alpha value is -2.61. The molecule has 2 amide bonds. The zero-order chi connectivity index (χ0) is 21.5. The van der Waals surface area contributed by atoms with Gasteiger partial charge >= 0.3 is 5.97 Å². The van der Waals surface area contributed by atoms with Crippen LogP contribution in [0.15, 0.2) is 24.3 Å². The van der Waals surface area contributed by atoms with Crippen molar-refractivity contribution in [3.05, 3.63) is 29.8 Å². The summed E-state index contributed by atoms with van der Waals surface area (Å²) < 4.78 is 4.77. The van der Waals surface area contributed by atoms with Crippen LogP contribution in [-0.4, -0.2) is 47.6 Å². The average Bonchev–Trinajstić information content (AvgIpc) is 2.61. The fourth-order valence-corrected chi connectivity index (χ4v) is 2.61. The number of ether oxygens (including phenoxy) is 1. The van der Waals surface area contributed by atoms with Gasteiger partial charge in [0.05, 0.1) is 13.2 Å². The smallest absolute Gasteiger partial charge is 0.328 e. The molecule has 2 atom stereocenters. The van der Waals surface area contributed by atoms with Gasteiger partial charge in [-0.15, -0.1) is 0 Å². The van der Waals surface area contributed by atoms with Gasteiger partial charge in [0.15, 0.2) is 0 Å². The average molecular weight is 393 g/mol. The molecule has 0 aromatic heterocycles. The molecule has 0 aliphatic heterocycles. The highest BCUT2D eigenvalue weighted by Gasteiger charge is 2.34. The molecule has 0 saturated heterocycles. The highest BCUT2D eigenvalue weighted by atomic mass is 16.5. The van der Waals surface area contributed by atoms with Crippen LogP contribution in [-0.2, 0) is 25.5 Å². The first-order valence-electron chi connectivity index (χ1n) is 9.20. The van der Waals surface area contributed by atoms with Gasteiger partial charge in [0, 0.05) is 6.42 Å². The molecule has 8 heteroatoms. The van der Waals surface area contributed by atoms with Crippen molar-refractivity contribution in [1.29, 1.82) is 0 Å². The number of hydrogen-bond donors (Lipinski definition) is 4. The molecule has 8 nitrogen and oxygen atoms in total. The molecular formula is C20H31N3O5. The van der Waals surface area contributed by atoms with Crippen molar-refractivity contribution >= 4 is 17.8 Å². The van der Waals surface area contributed by atoms with Gasteiger partial charge in [0.2, 0.25) is 11.8 Å². The van der Waals surface area contributed by atoms with Crippen molar-refractivity contribution < 1.29 is 24.2 Å². The molecule has 0 bridgehead atoms. The number of phenols is 1. The van der Waals surface area contributed by atoms with E-state index in [1.807, 2.05) is 13.8 Å². The van der Waals surface area contributed by atoms with E-state index in [-0.39, 0.29) is 18.1 Å². The summed E-state index contributed by atoms with van der Waals surface area (Å²) in [4.78, 5) is 37.1. The number of rotatable bonds is 9. The molecule has 0 saturated carbocycles. The number of esters is 1. The van der Waals surface area contributed by atoms with Crippen LogP contribution in [0, 0.1) is 5.92 Å². The van der Waals surface area contributed by atoms with Gasteiger partial charge < -0.3 is 26.2 Å². The molecule has 1 aromatic carbocycles. The van der Waals surface area contributed by atoms with E-state index in [1.165, 1.54) is 33.1 Å². The van der Waals surface area contributed by atoms with Gasteiger partial charge in [0.25, 0.3) is 0 Å². The number of carbonyl (C=O) groups is 3. The van der Waals surface area contributed by atoms with Crippen LogP contribution in [0.25, 0.3) is 0 Å². The van der Waals surface area contributed by atoms with Crippen LogP contribution in [0.2, 0.25) is 0 Å². The minimum absolute atomic E-state index is 0.101. The lowest BCUT2D eigenvalue weighted by Crippen LogP contribution is -2.60. The van der Waals surface area contributed by atoms with Crippen molar-refractivity contribution in [3.8, 4) is 5.75 Å². The minimum Gasteiger partial charge on any atom is -0.508 e. The Morgan fingerprint density at radius 1 is 1.18 bits per heavy atom. The van der Waals surface area contributed by atoms with Crippen LogP contribution in [0.1, 0.15) is 39.7 Å². The lowest BCUT2D eigenvalue weighted by Gasteiger charge is -2.29. The summed E-state index contributed by atoms with van der Waals surface area (Å²) in [5, 5.41) is 14.6. The molecule has 5 N–H and O–H groups in total. The van der Waals surface area contributed by atoms with E-state index in [4.69, 9.17) is 10.5 Å². The Morgan fingerprint density at radius 2 is 1.75 bits per heavy atom. The summed E-state index contributed by atoms with van der Waals surface area (Å²) in [6, 6.07) is 4.62. The monoisotopic (exact) mass is 393 g/mol. The van der Waals surface area contributed by atoms with E-state index < -0.39 is 35.4 Å². The number of hydrogen-bond acceptors (Lipinski definition) is 6. The van der Waals surface area contributed by atoms with Crippen molar-refractivity contribution in [2.75, 3.05) is 7.11 Å². The Bertz CT molecular complexity index is 686. The molecule has 1 rings (SSSR count). The molecule has 28 heavy (non-hydrogen) atoms. The molecule has 0 heterocycles. The topological polar surface area (TPSA) is 131 Å². The number of phenolic OH excluding ortho intramolecular Hbond substituents is 1. The fraction of sp³-hybridized carbons (Fsp3) is 0.550. The number of nitrogens with one attached hydrogen (secondary N) is 2. The normalized spacial score (nSPS) is 13.5. The summed E-state index contributed by atoms with van der Waals surface area (Å²) in [5.74, 6) is -1.23. The first kappa shape index (κ1) is 23.4. The third-order valence-corrected chi connectivity index (χ3v) is 4.23. The highest BCUT2D eigenvalue weighted by molar-refractivity contribution is 5.94. The summed E-state index contributed by atoms with van der Waals surface area (Å²) in [5.41, 5.74) is 5.33. The quantitative estimate of drug-likeness (QED) is 0.460. The number of aromatic hydroxyl groups is 1. The molecule has 0 unspecified atom stereocenters. The predicted octanol–water partition coefficient (Wildman–Crippen LogP) is 0.861. The zero-order valence-electron chi connectivity index (χ0n) is 17.1. The summed E-state index contributed by atoms with van der Waals surface area (Å²) in [6.07, 6.45) is 0.671. The van der Waals surface area contributed by atoms with E-state index in [9.17, 15) is 19.5 Å². The molecular weight excluding hydrogens is 362 g/mol. The number of amides is 2. The third-order valence-electron chi connectivity index (χ3n) is 4.23. The molecule has 0 spiro atoms. The van der Waals surface area contributed by atoms with Gasteiger partial charge in [-0.2, -0.15) is 0 Å². The second-order valence-corrected chi connectivity index (χ2v) is 7.77. The van der Waals surface area contributed by atoms with Gasteiger partial charge in [-0.1, -0.05) is 26.0 Å². The molecule has 1 aromatic rings. The summed E-state index contributed by atoms with van der Waals surface area (Å²) in [6.45, 7) is 6.99. The van der Waals surface area contributed by atoms with Crippen LogP contribution in [0.5, 0.6) is 5.75 Å². The second-order valence-electron chi connectivity index (χ2n) is 7.77. The Labute approximate surface area is 165 Å². The van der Waals surface area contributed by atoms with Gasteiger partial charge in [-0.3, -0.25) is 9.59 Å². The van der Waals surface area contributed by atoms with Gasteiger partial charge in [0.1, 0.15) is 17.3 Å². The largest absolute Gasteiger partial charge is 0.508 e. The SMILES string of the molecule is COC(=O)[C@H](Cc1ccc(O)cc1)NC(=O)C(C)(C)NC(=O)[C@@H](N)CC(C)C. The summed E-state index contributed by atoms with van der Waals surface area (Å²) in [7, 11) is 1.23. The number of nitrogens with two attached hydrogens (primary N) is 1. The molecule has 0 fully saturated rings. The van der Waals surface area contributed by atoms with Gasteiger partial charge in [-0.25, -0.2) is 4.79 Å². The maximum absolute atomic E-state index is 12.7. The van der Waals surface area contributed by atoms with E-state index in [1.54, 1.807) is 12.1 Å². The van der Waals surface area contributed by atoms with Crippen molar-refractivity contribution in [3.63, 3.8) is 0 Å². The molecule has 0 aliphatic rings. The first-order valence-corrected chi connectivity index (χ1v) is 9.20. The van der Waals surface area contributed by atoms with Crippen LogP contribution < -0.4 is 16.4 Å². The van der Waals surface area contributed by atoms with Crippen molar-refractivity contribution in [1.82, 2.24) is 10.6 Å². The highest BCUT2D eigenvalue weighted by Crippen LogP contribution is 2.13.